The van der Waals surface area contributed by atoms with Gasteiger partial charge in [0.1, 0.15) is 0 Å². The maximum atomic E-state index is 11.9. The van der Waals surface area contributed by atoms with Crippen LogP contribution in [0.5, 0.6) is 0 Å². The van der Waals surface area contributed by atoms with Gasteiger partial charge in [-0.2, -0.15) is 11.8 Å². The van der Waals surface area contributed by atoms with Gasteiger partial charge in [0.2, 0.25) is 0 Å². The Kier molecular flexibility index (Phi) is 6.01. The van der Waals surface area contributed by atoms with Gasteiger partial charge in [0, 0.05) is 12.6 Å². The number of amides is 2. The molecule has 6 heteroatoms. The summed E-state index contributed by atoms with van der Waals surface area (Å²) in [6, 6.07) is -0.133. The highest BCUT2D eigenvalue weighted by Gasteiger charge is 2.27. The third kappa shape index (κ3) is 4.89. The number of rotatable bonds is 4. The molecule has 5 nitrogen and oxygen atoms in total. The Labute approximate surface area is 124 Å². The van der Waals surface area contributed by atoms with E-state index in [4.69, 9.17) is 5.11 Å². The van der Waals surface area contributed by atoms with Crippen LogP contribution < -0.4 is 10.6 Å². The molecular weight excluding hydrogens is 276 g/mol. The minimum atomic E-state index is -0.739. The molecule has 1 aliphatic heterocycles. The highest BCUT2D eigenvalue weighted by atomic mass is 32.2. The first-order valence-electron chi connectivity index (χ1n) is 7.50. The van der Waals surface area contributed by atoms with Gasteiger partial charge in [-0.3, -0.25) is 4.79 Å². The molecule has 3 N–H and O–H groups in total. The number of hydrogen-bond donors (Lipinski definition) is 3. The molecule has 1 aliphatic carbocycles. The van der Waals surface area contributed by atoms with Gasteiger partial charge in [-0.05, 0) is 49.5 Å². The van der Waals surface area contributed by atoms with Crippen LogP contribution in [0.15, 0.2) is 0 Å². The molecule has 0 aromatic rings. The highest BCUT2D eigenvalue weighted by molar-refractivity contribution is 7.99. The zero-order valence-electron chi connectivity index (χ0n) is 11.8. The Balaban J connectivity index is 1.66. The third-order valence-electron chi connectivity index (χ3n) is 4.25. The average Bonchev–Trinajstić information content (AvgIpc) is 2.46. The van der Waals surface area contributed by atoms with E-state index in [0.29, 0.717) is 12.3 Å². The largest absolute Gasteiger partial charge is 0.481 e. The minimum Gasteiger partial charge on any atom is -0.481 e. The lowest BCUT2D eigenvalue weighted by Gasteiger charge is -2.28. The number of hydrogen-bond acceptors (Lipinski definition) is 3. The van der Waals surface area contributed by atoms with Crippen molar-refractivity contribution in [1.29, 1.82) is 0 Å². The first-order chi connectivity index (χ1) is 9.65. The summed E-state index contributed by atoms with van der Waals surface area (Å²) in [5, 5.41) is 14.9. The minimum absolute atomic E-state index is 0.00626. The molecule has 1 saturated heterocycles. The summed E-state index contributed by atoms with van der Waals surface area (Å²) < 4.78 is 0. The quantitative estimate of drug-likeness (QED) is 0.742. The van der Waals surface area contributed by atoms with Gasteiger partial charge >= 0.3 is 12.0 Å². The van der Waals surface area contributed by atoms with Crippen molar-refractivity contribution >= 4 is 23.8 Å². The van der Waals surface area contributed by atoms with Crippen LogP contribution in [0.1, 0.15) is 38.5 Å². The van der Waals surface area contributed by atoms with Crippen LogP contribution >= 0.6 is 11.8 Å². The summed E-state index contributed by atoms with van der Waals surface area (Å²) in [6.07, 6.45) is 5.40. The number of nitrogens with one attached hydrogen (secondary N) is 2. The predicted molar refractivity (Wildman–Crippen MR) is 80.0 cm³/mol. The van der Waals surface area contributed by atoms with Crippen LogP contribution in [0.3, 0.4) is 0 Å². The zero-order chi connectivity index (χ0) is 14.4. The Morgan fingerprint density at radius 2 is 1.90 bits per heavy atom. The molecule has 0 aromatic carbocycles. The molecule has 0 radical (unpaired) electrons. The molecule has 1 heterocycles. The maximum absolute atomic E-state index is 11.9. The summed E-state index contributed by atoms with van der Waals surface area (Å²) in [6.45, 7) is 0.738. The van der Waals surface area contributed by atoms with E-state index in [2.05, 4.69) is 10.6 Å². The summed E-state index contributed by atoms with van der Waals surface area (Å²) in [5.41, 5.74) is 0. The monoisotopic (exact) mass is 300 g/mol. The lowest BCUT2D eigenvalue weighted by molar-refractivity contribution is -0.143. The second kappa shape index (κ2) is 7.76. The van der Waals surface area contributed by atoms with Crippen molar-refractivity contribution in [1.82, 2.24) is 10.6 Å². The lowest BCUT2D eigenvalue weighted by atomic mass is 9.86. The number of urea groups is 1. The molecule has 20 heavy (non-hydrogen) atoms. The molecule has 0 bridgehead atoms. The third-order valence-corrected chi connectivity index (χ3v) is 5.30. The Hall–Kier alpha value is -0.910. The molecule has 114 valence electrons. The van der Waals surface area contributed by atoms with Gasteiger partial charge in [-0.1, -0.05) is 6.42 Å². The first kappa shape index (κ1) is 15.5. The molecule has 2 atom stereocenters. The van der Waals surface area contributed by atoms with E-state index in [9.17, 15) is 9.59 Å². The number of carbonyl (C=O) groups excluding carboxylic acids is 1. The normalized spacial score (nSPS) is 27.8. The highest BCUT2D eigenvalue weighted by Crippen LogP contribution is 2.24. The fourth-order valence-electron chi connectivity index (χ4n) is 2.97. The fourth-order valence-corrected chi connectivity index (χ4v) is 4.17. The summed E-state index contributed by atoms with van der Waals surface area (Å²) in [4.78, 5) is 22.8. The molecule has 2 aliphatic rings. The van der Waals surface area contributed by atoms with Crippen molar-refractivity contribution in [2.45, 2.75) is 44.6 Å². The van der Waals surface area contributed by atoms with Crippen LogP contribution in [-0.4, -0.2) is 41.2 Å². The molecule has 2 amide bonds. The molecule has 1 saturated carbocycles. The average molecular weight is 300 g/mol. The van der Waals surface area contributed by atoms with Gasteiger partial charge in [0.05, 0.1) is 5.92 Å². The van der Waals surface area contributed by atoms with Gasteiger partial charge in [-0.15, -0.1) is 0 Å². The van der Waals surface area contributed by atoms with E-state index in [1.807, 2.05) is 11.8 Å². The molecule has 0 aromatic heterocycles. The second-order valence-electron chi connectivity index (χ2n) is 5.81. The van der Waals surface area contributed by atoms with Gasteiger partial charge in [0.15, 0.2) is 0 Å². The number of carboxylic acids is 1. The van der Waals surface area contributed by atoms with Crippen molar-refractivity contribution in [3.8, 4) is 0 Å². The second-order valence-corrected chi connectivity index (χ2v) is 7.03. The van der Waals surface area contributed by atoms with Crippen molar-refractivity contribution in [2.24, 2.45) is 11.8 Å². The van der Waals surface area contributed by atoms with Crippen LogP contribution in [0.2, 0.25) is 0 Å². The molecular formula is C14H24N2O3S. The first-order valence-corrected chi connectivity index (χ1v) is 8.65. The summed E-state index contributed by atoms with van der Waals surface area (Å²) >= 11 is 1.98. The van der Waals surface area contributed by atoms with E-state index >= 15 is 0 Å². The van der Waals surface area contributed by atoms with E-state index in [1.54, 1.807) is 0 Å². The summed E-state index contributed by atoms with van der Waals surface area (Å²) in [5.74, 6) is 1.94. The number of thioether (sulfide) groups is 1. The van der Waals surface area contributed by atoms with Gasteiger partial charge in [0.25, 0.3) is 0 Å². The SMILES string of the molecule is O=C(NCC1CCSCC1)NC1CCCC(C(=O)O)C1. The molecule has 2 fully saturated rings. The predicted octanol–water partition coefficient (Wildman–Crippen LogP) is 2.07. The topological polar surface area (TPSA) is 78.4 Å². The number of carbonyl (C=O) groups is 2. The number of carboxylic acid groups (broad SMARTS) is 1. The van der Waals surface area contributed by atoms with Crippen molar-refractivity contribution in [3.05, 3.63) is 0 Å². The van der Waals surface area contributed by atoms with E-state index < -0.39 is 5.97 Å². The van der Waals surface area contributed by atoms with Crippen molar-refractivity contribution in [2.75, 3.05) is 18.1 Å². The van der Waals surface area contributed by atoms with Gasteiger partial charge in [-0.25, -0.2) is 4.79 Å². The standard InChI is InChI=1S/C14H24N2O3S/c17-13(18)11-2-1-3-12(8-11)16-14(19)15-9-10-4-6-20-7-5-10/h10-12H,1-9H2,(H,17,18)(H2,15,16,19). The van der Waals surface area contributed by atoms with Crippen LogP contribution in [0.25, 0.3) is 0 Å². The maximum Gasteiger partial charge on any atom is 0.315 e. The Morgan fingerprint density at radius 1 is 1.15 bits per heavy atom. The van der Waals surface area contributed by atoms with Crippen LogP contribution in [0, 0.1) is 11.8 Å². The smallest absolute Gasteiger partial charge is 0.315 e. The van der Waals surface area contributed by atoms with Crippen LogP contribution in [-0.2, 0) is 4.79 Å². The molecule has 2 unspecified atom stereocenters. The molecule has 2 rings (SSSR count). The van der Waals surface area contributed by atoms with Crippen molar-refractivity contribution in [3.63, 3.8) is 0 Å². The van der Waals surface area contributed by atoms with E-state index in [0.717, 1.165) is 25.8 Å². The zero-order valence-corrected chi connectivity index (χ0v) is 12.6. The van der Waals surface area contributed by atoms with Crippen molar-refractivity contribution < 1.29 is 14.7 Å². The fraction of sp³-hybridized carbons (Fsp3) is 0.857. The molecule has 0 spiro atoms. The van der Waals surface area contributed by atoms with Gasteiger partial charge < -0.3 is 15.7 Å². The van der Waals surface area contributed by atoms with E-state index in [1.165, 1.54) is 24.3 Å². The Bertz CT molecular complexity index is 345. The van der Waals surface area contributed by atoms with Crippen LogP contribution in [0.4, 0.5) is 4.79 Å². The summed E-state index contributed by atoms with van der Waals surface area (Å²) in [7, 11) is 0. The van der Waals surface area contributed by atoms with E-state index in [-0.39, 0.29) is 18.0 Å². The number of aliphatic carboxylic acids is 1. The lowest BCUT2D eigenvalue weighted by Crippen LogP contribution is -2.46. The Morgan fingerprint density at radius 3 is 2.60 bits per heavy atom.